The summed E-state index contributed by atoms with van der Waals surface area (Å²) in [7, 11) is 0. The fourth-order valence-electron chi connectivity index (χ4n) is 2.71. The van der Waals surface area contributed by atoms with Gasteiger partial charge in [0.25, 0.3) is 0 Å². The van der Waals surface area contributed by atoms with Crippen molar-refractivity contribution < 1.29 is 4.79 Å². The Morgan fingerprint density at radius 1 is 1.14 bits per heavy atom. The molecule has 3 heterocycles. The lowest BCUT2D eigenvalue weighted by Crippen LogP contribution is -2.14. The number of pyridine rings is 1. The van der Waals surface area contributed by atoms with Gasteiger partial charge in [-0.2, -0.15) is 0 Å². The first kappa shape index (κ1) is 19.3. The minimum absolute atomic E-state index is 0.158. The van der Waals surface area contributed by atoms with Crippen LogP contribution >= 0.6 is 23.1 Å². The van der Waals surface area contributed by atoms with Gasteiger partial charge in [0.05, 0.1) is 11.4 Å². The van der Waals surface area contributed by atoms with Crippen LogP contribution in [0, 0.1) is 13.8 Å². The van der Waals surface area contributed by atoms with Gasteiger partial charge in [-0.25, -0.2) is 4.98 Å². The summed E-state index contributed by atoms with van der Waals surface area (Å²) in [4.78, 5) is 21.0. The third-order valence-corrected chi connectivity index (χ3v) is 5.95. The maximum absolute atomic E-state index is 12.4. The summed E-state index contributed by atoms with van der Waals surface area (Å²) in [6.07, 6.45) is 5.35. The molecule has 0 aliphatic carbocycles. The molecule has 4 rings (SSSR count). The van der Waals surface area contributed by atoms with E-state index in [-0.39, 0.29) is 11.7 Å². The van der Waals surface area contributed by atoms with Crippen LogP contribution in [0.5, 0.6) is 0 Å². The molecule has 0 unspecified atom stereocenters. The van der Waals surface area contributed by atoms with E-state index >= 15 is 0 Å². The van der Waals surface area contributed by atoms with Crippen molar-refractivity contribution in [3.8, 4) is 16.4 Å². The molecule has 146 valence electrons. The van der Waals surface area contributed by atoms with Crippen molar-refractivity contribution in [3.05, 3.63) is 66.1 Å². The van der Waals surface area contributed by atoms with E-state index < -0.39 is 0 Å². The molecule has 0 bridgehead atoms. The van der Waals surface area contributed by atoms with Crippen LogP contribution < -0.4 is 5.32 Å². The topological polar surface area (TPSA) is 85.6 Å². The van der Waals surface area contributed by atoms with E-state index in [0.717, 1.165) is 22.1 Å². The van der Waals surface area contributed by atoms with E-state index in [2.05, 4.69) is 57.5 Å². The van der Waals surface area contributed by atoms with Gasteiger partial charge in [0.2, 0.25) is 11.0 Å². The zero-order valence-corrected chi connectivity index (χ0v) is 17.5. The second kappa shape index (κ2) is 8.54. The number of hydrogen-bond acceptors (Lipinski definition) is 7. The van der Waals surface area contributed by atoms with Crippen molar-refractivity contribution in [2.75, 3.05) is 11.1 Å². The molecule has 9 heteroatoms. The van der Waals surface area contributed by atoms with Gasteiger partial charge in [-0.3, -0.25) is 19.7 Å². The lowest BCUT2D eigenvalue weighted by molar-refractivity contribution is -0.113. The fourth-order valence-corrected chi connectivity index (χ4v) is 4.21. The van der Waals surface area contributed by atoms with Gasteiger partial charge in [0.1, 0.15) is 5.69 Å². The number of benzene rings is 1. The Hall–Kier alpha value is -3.04. The number of carbonyl (C=O) groups excluding carboxylic acids is 1. The lowest BCUT2D eigenvalue weighted by Gasteiger charge is -2.11. The molecule has 0 atom stereocenters. The van der Waals surface area contributed by atoms with Crippen LogP contribution in [0.15, 0.2) is 60.1 Å². The first-order chi connectivity index (χ1) is 14.1. The van der Waals surface area contributed by atoms with Crippen molar-refractivity contribution >= 4 is 34.1 Å². The van der Waals surface area contributed by atoms with Crippen LogP contribution in [0.25, 0.3) is 16.4 Å². The first-order valence-corrected chi connectivity index (χ1v) is 10.7. The van der Waals surface area contributed by atoms with Gasteiger partial charge in [0.15, 0.2) is 10.2 Å². The van der Waals surface area contributed by atoms with Gasteiger partial charge in [-0.1, -0.05) is 41.3 Å². The number of carbonyl (C=O) groups is 1. The smallest absolute Gasteiger partial charge is 0.236 e. The zero-order valence-electron chi connectivity index (χ0n) is 15.9. The average Bonchev–Trinajstić information content (AvgIpc) is 3.38. The quantitative estimate of drug-likeness (QED) is 0.470. The van der Waals surface area contributed by atoms with Crippen LogP contribution in [-0.4, -0.2) is 36.4 Å². The minimum Gasteiger partial charge on any atom is -0.300 e. The summed E-state index contributed by atoms with van der Waals surface area (Å²) in [5, 5.41) is 12.8. The number of aromatic nitrogens is 5. The Morgan fingerprint density at radius 2 is 2.03 bits per heavy atom. The van der Waals surface area contributed by atoms with E-state index in [0.29, 0.717) is 10.1 Å². The van der Waals surface area contributed by atoms with Crippen LogP contribution in [0.3, 0.4) is 0 Å². The number of aryl methyl sites for hydroxylation is 2. The number of nitrogens with one attached hydrogen (secondary N) is 1. The molecule has 1 aromatic carbocycles. The van der Waals surface area contributed by atoms with E-state index in [9.17, 15) is 4.79 Å². The summed E-state index contributed by atoms with van der Waals surface area (Å²) in [5.74, 6) is 0.0645. The molecule has 0 spiro atoms. The standard InChI is InChI=1S/C20H18N6OS2/c1-13-6-7-14(2)16(11-13)26-10-9-22-20(26)28-12-17(27)23-19-25-24-18(29-19)15-5-3-4-8-21-15/h3-11H,12H2,1-2H3,(H,23,25,27). The number of imidazole rings is 1. The highest BCUT2D eigenvalue weighted by molar-refractivity contribution is 7.99. The van der Waals surface area contributed by atoms with Crippen molar-refractivity contribution in [1.82, 2.24) is 24.7 Å². The Kier molecular flexibility index (Phi) is 5.68. The largest absolute Gasteiger partial charge is 0.300 e. The molecule has 29 heavy (non-hydrogen) atoms. The maximum atomic E-state index is 12.4. The van der Waals surface area contributed by atoms with Gasteiger partial charge in [-0.15, -0.1) is 10.2 Å². The summed E-state index contributed by atoms with van der Waals surface area (Å²) >= 11 is 2.67. The molecular weight excluding hydrogens is 404 g/mol. The average molecular weight is 423 g/mol. The van der Waals surface area contributed by atoms with Crippen LogP contribution in [-0.2, 0) is 4.79 Å². The summed E-state index contributed by atoms with van der Waals surface area (Å²) < 4.78 is 2.00. The van der Waals surface area contributed by atoms with Gasteiger partial charge < -0.3 is 0 Å². The van der Waals surface area contributed by atoms with Crippen LogP contribution in [0.4, 0.5) is 5.13 Å². The molecule has 0 radical (unpaired) electrons. The number of hydrogen-bond donors (Lipinski definition) is 1. The summed E-state index contributed by atoms with van der Waals surface area (Å²) in [5.41, 5.74) is 4.12. The summed E-state index contributed by atoms with van der Waals surface area (Å²) in [6, 6.07) is 11.9. The van der Waals surface area contributed by atoms with E-state index in [1.807, 2.05) is 29.0 Å². The normalized spacial score (nSPS) is 10.8. The van der Waals surface area contributed by atoms with Gasteiger partial charge >= 0.3 is 0 Å². The number of amides is 1. The molecule has 1 N–H and O–H groups in total. The monoisotopic (exact) mass is 422 g/mol. The number of thioether (sulfide) groups is 1. The lowest BCUT2D eigenvalue weighted by atomic mass is 10.1. The molecule has 0 aliphatic rings. The first-order valence-electron chi connectivity index (χ1n) is 8.89. The fraction of sp³-hybridized carbons (Fsp3) is 0.150. The maximum Gasteiger partial charge on any atom is 0.236 e. The highest BCUT2D eigenvalue weighted by Crippen LogP contribution is 2.26. The molecule has 0 saturated carbocycles. The van der Waals surface area contributed by atoms with E-state index in [1.54, 1.807) is 12.4 Å². The predicted octanol–water partition coefficient (Wildman–Crippen LogP) is 4.13. The molecule has 7 nitrogen and oxygen atoms in total. The second-order valence-corrected chi connectivity index (χ2v) is 8.25. The zero-order chi connectivity index (χ0) is 20.2. The molecule has 0 aliphatic heterocycles. The Morgan fingerprint density at radius 3 is 2.86 bits per heavy atom. The van der Waals surface area contributed by atoms with Crippen molar-refractivity contribution in [2.45, 2.75) is 19.0 Å². The minimum atomic E-state index is -0.158. The Labute approximate surface area is 176 Å². The molecular formula is C20H18N6OS2. The highest BCUT2D eigenvalue weighted by Gasteiger charge is 2.13. The van der Waals surface area contributed by atoms with E-state index in [4.69, 9.17) is 0 Å². The van der Waals surface area contributed by atoms with E-state index in [1.165, 1.54) is 28.7 Å². The molecule has 1 amide bonds. The number of anilines is 1. The summed E-state index contributed by atoms with van der Waals surface area (Å²) in [6.45, 7) is 4.12. The van der Waals surface area contributed by atoms with Crippen LogP contribution in [0.1, 0.15) is 11.1 Å². The highest BCUT2D eigenvalue weighted by atomic mass is 32.2. The van der Waals surface area contributed by atoms with Gasteiger partial charge in [0, 0.05) is 18.6 Å². The van der Waals surface area contributed by atoms with Crippen molar-refractivity contribution in [2.24, 2.45) is 0 Å². The van der Waals surface area contributed by atoms with Crippen LogP contribution in [0.2, 0.25) is 0 Å². The van der Waals surface area contributed by atoms with Gasteiger partial charge in [-0.05, 0) is 43.2 Å². The molecule has 0 saturated heterocycles. The predicted molar refractivity (Wildman–Crippen MR) is 116 cm³/mol. The third-order valence-electron chi connectivity index (χ3n) is 4.12. The second-order valence-electron chi connectivity index (χ2n) is 6.33. The number of nitrogens with zero attached hydrogens (tertiary/aromatic N) is 5. The molecule has 0 fully saturated rings. The Bertz CT molecular complexity index is 1140. The third kappa shape index (κ3) is 4.52. The molecule has 3 aromatic heterocycles. The van der Waals surface area contributed by atoms with Crippen molar-refractivity contribution in [3.63, 3.8) is 0 Å². The molecule has 4 aromatic rings. The van der Waals surface area contributed by atoms with Crippen molar-refractivity contribution in [1.29, 1.82) is 0 Å². The SMILES string of the molecule is Cc1ccc(C)c(-n2ccnc2SCC(=O)Nc2nnc(-c3ccccn3)s2)c1. The Balaban J connectivity index is 1.41. The number of rotatable bonds is 6.